The lowest BCUT2D eigenvalue weighted by molar-refractivity contribution is -0.141. The van der Waals surface area contributed by atoms with Gasteiger partial charge in [-0.25, -0.2) is 0 Å². The molecule has 0 saturated heterocycles. The van der Waals surface area contributed by atoms with Crippen LogP contribution in [0.3, 0.4) is 0 Å². The van der Waals surface area contributed by atoms with Gasteiger partial charge in [0.1, 0.15) is 0 Å². The summed E-state index contributed by atoms with van der Waals surface area (Å²) in [6.07, 6.45) is 0. The van der Waals surface area contributed by atoms with E-state index < -0.39 is 5.97 Å². The number of carboxylic acids is 1. The molecule has 2 atom stereocenters. The highest BCUT2D eigenvalue weighted by atomic mass is 16.4. The third-order valence-electron chi connectivity index (χ3n) is 3.16. The molecule has 4 heteroatoms. The molecule has 0 bridgehead atoms. The molecule has 0 aromatic carbocycles. The van der Waals surface area contributed by atoms with Crippen LogP contribution in [0.25, 0.3) is 0 Å². The fourth-order valence-corrected chi connectivity index (χ4v) is 1.91. The summed E-state index contributed by atoms with van der Waals surface area (Å²) in [7, 11) is 1.88. The standard InChI is InChI=1S/C11H18N2O2/c1-6(7(2)11(14)15)10-8(3)12-13(5)9(10)4/h6-7H,1-5H3,(H,14,15). The third-order valence-corrected chi connectivity index (χ3v) is 3.16. The zero-order valence-corrected chi connectivity index (χ0v) is 9.90. The Labute approximate surface area is 89.9 Å². The molecule has 0 aliphatic rings. The number of nitrogens with zero attached hydrogens (tertiary/aromatic N) is 2. The number of carbonyl (C=O) groups is 1. The first-order chi connectivity index (χ1) is 6.86. The summed E-state index contributed by atoms with van der Waals surface area (Å²) in [5.41, 5.74) is 3.04. The lowest BCUT2D eigenvalue weighted by atomic mass is 9.88. The van der Waals surface area contributed by atoms with Crippen molar-refractivity contribution in [3.63, 3.8) is 0 Å². The second-order valence-corrected chi connectivity index (χ2v) is 4.12. The van der Waals surface area contributed by atoms with Crippen molar-refractivity contribution in [2.75, 3.05) is 0 Å². The summed E-state index contributed by atoms with van der Waals surface area (Å²) >= 11 is 0. The highest BCUT2D eigenvalue weighted by Gasteiger charge is 2.25. The molecule has 0 aliphatic heterocycles. The van der Waals surface area contributed by atoms with Crippen LogP contribution in [-0.2, 0) is 11.8 Å². The van der Waals surface area contributed by atoms with E-state index in [1.54, 1.807) is 11.6 Å². The maximum absolute atomic E-state index is 10.9. The van der Waals surface area contributed by atoms with Gasteiger partial charge in [-0.1, -0.05) is 13.8 Å². The molecule has 1 aromatic rings. The van der Waals surface area contributed by atoms with Gasteiger partial charge in [-0.2, -0.15) is 5.10 Å². The van der Waals surface area contributed by atoms with E-state index in [1.165, 1.54) is 0 Å². The van der Waals surface area contributed by atoms with Crippen LogP contribution in [-0.4, -0.2) is 20.9 Å². The second kappa shape index (κ2) is 4.04. The SMILES string of the molecule is Cc1nn(C)c(C)c1C(C)C(C)C(=O)O. The first-order valence-corrected chi connectivity index (χ1v) is 5.09. The van der Waals surface area contributed by atoms with Crippen LogP contribution in [0, 0.1) is 19.8 Å². The molecule has 1 rings (SSSR count). The van der Waals surface area contributed by atoms with E-state index in [-0.39, 0.29) is 11.8 Å². The molecule has 84 valence electrons. The molecular formula is C11H18N2O2. The van der Waals surface area contributed by atoms with Gasteiger partial charge in [0.15, 0.2) is 0 Å². The van der Waals surface area contributed by atoms with E-state index >= 15 is 0 Å². The average molecular weight is 210 g/mol. The zero-order chi connectivity index (χ0) is 11.7. The van der Waals surface area contributed by atoms with Gasteiger partial charge in [0, 0.05) is 12.7 Å². The van der Waals surface area contributed by atoms with Gasteiger partial charge in [0.2, 0.25) is 0 Å². The smallest absolute Gasteiger partial charge is 0.306 e. The molecule has 2 unspecified atom stereocenters. The van der Waals surface area contributed by atoms with E-state index in [0.29, 0.717) is 0 Å². The normalized spacial score (nSPS) is 15.0. The predicted molar refractivity (Wildman–Crippen MR) is 57.9 cm³/mol. The van der Waals surface area contributed by atoms with Crippen LogP contribution in [0.1, 0.15) is 36.7 Å². The van der Waals surface area contributed by atoms with E-state index in [4.69, 9.17) is 5.11 Å². The molecule has 15 heavy (non-hydrogen) atoms. The Morgan fingerprint density at radius 3 is 2.27 bits per heavy atom. The van der Waals surface area contributed by atoms with Crippen LogP contribution >= 0.6 is 0 Å². The minimum Gasteiger partial charge on any atom is -0.481 e. The molecule has 1 N–H and O–H groups in total. The molecule has 1 aromatic heterocycles. The number of aryl methyl sites for hydroxylation is 2. The third kappa shape index (κ3) is 2.03. The van der Waals surface area contributed by atoms with Crippen molar-refractivity contribution in [2.24, 2.45) is 13.0 Å². The first kappa shape index (κ1) is 11.8. The molecule has 0 saturated carbocycles. The van der Waals surface area contributed by atoms with Crippen LogP contribution in [0.15, 0.2) is 0 Å². The quantitative estimate of drug-likeness (QED) is 0.828. The highest BCUT2D eigenvalue weighted by molar-refractivity contribution is 5.71. The number of hydrogen-bond acceptors (Lipinski definition) is 2. The number of aliphatic carboxylic acids is 1. The highest BCUT2D eigenvalue weighted by Crippen LogP contribution is 2.29. The molecule has 0 amide bonds. The van der Waals surface area contributed by atoms with E-state index in [2.05, 4.69) is 5.10 Å². The Balaban J connectivity index is 3.10. The molecule has 0 spiro atoms. The van der Waals surface area contributed by atoms with Gasteiger partial charge in [-0.15, -0.1) is 0 Å². The van der Waals surface area contributed by atoms with E-state index in [9.17, 15) is 4.79 Å². The minimum atomic E-state index is -0.759. The Morgan fingerprint density at radius 2 is 1.93 bits per heavy atom. The summed E-state index contributed by atoms with van der Waals surface area (Å²) in [5, 5.41) is 13.3. The monoisotopic (exact) mass is 210 g/mol. The molecule has 0 aliphatic carbocycles. The summed E-state index contributed by atoms with van der Waals surface area (Å²) in [5.74, 6) is -1.15. The van der Waals surface area contributed by atoms with Crippen LogP contribution < -0.4 is 0 Å². The molecular weight excluding hydrogens is 192 g/mol. The summed E-state index contributed by atoms with van der Waals surface area (Å²) < 4.78 is 1.80. The number of rotatable bonds is 3. The topological polar surface area (TPSA) is 55.1 Å². The van der Waals surface area contributed by atoms with Crippen molar-refractivity contribution in [3.8, 4) is 0 Å². The average Bonchev–Trinajstić information content (AvgIpc) is 2.39. The molecule has 1 heterocycles. The largest absolute Gasteiger partial charge is 0.481 e. The second-order valence-electron chi connectivity index (χ2n) is 4.12. The first-order valence-electron chi connectivity index (χ1n) is 5.09. The fraction of sp³-hybridized carbons (Fsp3) is 0.636. The Bertz CT molecular complexity index is 382. The lowest BCUT2D eigenvalue weighted by Gasteiger charge is -2.16. The molecule has 0 fully saturated rings. The van der Waals surface area contributed by atoms with Crippen LogP contribution in [0.4, 0.5) is 0 Å². The maximum Gasteiger partial charge on any atom is 0.306 e. The van der Waals surface area contributed by atoms with Gasteiger partial charge in [0.05, 0.1) is 11.6 Å². The van der Waals surface area contributed by atoms with E-state index in [1.807, 2.05) is 27.8 Å². The molecule has 0 radical (unpaired) electrons. The molecule has 4 nitrogen and oxygen atoms in total. The van der Waals surface area contributed by atoms with Gasteiger partial charge in [-0.3, -0.25) is 9.48 Å². The van der Waals surface area contributed by atoms with Crippen molar-refractivity contribution in [2.45, 2.75) is 33.6 Å². The van der Waals surface area contributed by atoms with Gasteiger partial charge in [-0.05, 0) is 25.3 Å². The van der Waals surface area contributed by atoms with Crippen molar-refractivity contribution in [1.29, 1.82) is 0 Å². The Kier molecular flexibility index (Phi) is 3.17. The number of carboxylic acid groups (broad SMARTS) is 1. The van der Waals surface area contributed by atoms with Crippen molar-refractivity contribution >= 4 is 5.97 Å². The number of hydrogen-bond donors (Lipinski definition) is 1. The predicted octanol–water partition coefficient (Wildman–Crippen LogP) is 1.86. The van der Waals surface area contributed by atoms with Gasteiger partial charge in [0.25, 0.3) is 0 Å². The zero-order valence-electron chi connectivity index (χ0n) is 9.90. The summed E-state index contributed by atoms with van der Waals surface area (Å²) in [6.45, 7) is 7.57. The summed E-state index contributed by atoms with van der Waals surface area (Å²) in [6, 6.07) is 0. The summed E-state index contributed by atoms with van der Waals surface area (Å²) in [4.78, 5) is 10.9. The van der Waals surface area contributed by atoms with E-state index in [0.717, 1.165) is 17.0 Å². The maximum atomic E-state index is 10.9. The van der Waals surface area contributed by atoms with Crippen LogP contribution in [0.2, 0.25) is 0 Å². The van der Waals surface area contributed by atoms with Crippen molar-refractivity contribution in [1.82, 2.24) is 9.78 Å². The van der Waals surface area contributed by atoms with Crippen molar-refractivity contribution < 1.29 is 9.90 Å². The minimum absolute atomic E-state index is 0.00352. The number of aromatic nitrogens is 2. The Morgan fingerprint density at radius 1 is 1.40 bits per heavy atom. The van der Waals surface area contributed by atoms with Crippen molar-refractivity contribution in [3.05, 3.63) is 17.0 Å². The Hall–Kier alpha value is -1.32. The van der Waals surface area contributed by atoms with Gasteiger partial charge < -0.3 is 5.11 Å². The van der Waals surface area contributed by atoms with Crippen LogP contribution in [0.5, 0.6) is 0 Å². The lowest BCUT2D eigenvalue weighted by Crippen LogP contribution is -2.17. The van der Waals surface area contributed by atoms with Gasteiger partial charge >= 0.3 is 5.97 Å². The fourth-order valence-electron chi connectivity index (χ4n) is 1.91.